The molecule has 1 aliphatic heterocycles. The van der Waals surface area contributed by atoms with Crippen LogP contribution < -0.4 is 5.32 Å². The summed E-state index contributed by atoms with van der Waals surface area (Å²) in [6.07, 6.45) is 5.43. The number of aromatic nitrogens is 4. The van der Waals surface area contributed by atoms with Crippen molar-refractivity contribution in [1.82, 2.24) is 24.6 Å². The van der Waals surface area contributed by atoms with Gasteiger partial charge in [0, 0.05) is 36.6 Å². The third-order valence-electron chi connectivity index (χ3n) is 7.05. The molecule has 1 aliphatic carbocycles. The van der Waals surface area contributed by atoms with Gasteiger partial charge in [-0.2, -0.15) is 9.78 Å². The molecule has 1 unspecified atom stereocenters. The van der Waals surface area contributed by atoms with E-state index >= 15 is 0 Å². The number of benzene rings is 1. The molecule has 6 rings (SSSR count). The number of nitrogens with one attached hydrogen (secondary N) is 1. The van der Waals surface area contributed by atoms with E-state index in [1.54, 1.807) is 10.9 Å². The monoisotopic (exact) mass is 480 g/mol. The summed E-state index contributed by atoms with van der Waals surface area (Å²) in [7, 11) is 0. The molecule has 4 heterocycles. The smallest absolute Gasteiger partial charge is 0.254 e. The normalized spacial score (nSPS) is 17.8. The number of likely N-dealkylation sites (tertiary alicyclic amines) is 1. The molecule has 182 valence electrons. The van der Waals surface area contributed by atoms with E-state index < -0.39 is 0 Å². The van der Waals surface area contributed by atoms with Crippen LogP contribution in [0.4, 0.5) is 5.69 Å². The van der Waals surface area contributed by atoms with Crippen molar-refractivity contribution in [3.8, 4) is 5.82 Å². The maximum Gasteiger partial charge on any atom is 0.254 e. The first-order valence-corrected chi connectivity index (χ1v) is 12.6. The first kappa shape index (κ1) is 22.4. The Hall–Kier alpha value is -4.07. The maximum absolute atomic E-state index is 13.9. The zero-order valence-electron chi connectivity index (χ0n) is 20.2. The van der Waals surface area contributed by atoms with Gasteiger partial charge in [0.2, 0.25) is 5.91 Å². The van der Waals surface area contributed by atoms with Crippen LogP contribution in [0.15, 0.2) is 60.8 Å². The highest BCUT2D eigenvalue weighted by Gasteiger charge is 2.33. The fourth-order valence-corrected chi connectivity index (χ4v) is 5.02. The highest BCUT2D eigenvalue weighted by atomic mass is 16.2. The van der Waals surface area contributed by atoms with Crippen molar-refractivity contribution in [3.63, 3.8) is 0 Å². The lowest BCUT2D eigenvalue weighted by Crippen LogP contribution is -2.43. The topological polar surface area (TPSA) is 93.0 Å². The van der Waals surface area contributed by atoms with Crippen LogP contribution in [0.2, 0.25) is 0 Å². The van der Waals surface area contributed by atoms with E-state index in [0.29, 0.717) is 36.0 Å². The molecule has 8 nitrogen and oxygen atoms in total. The van der Waals surface area contributed by atoms with Crippen LogP contribution in [0, 0.1) is 12.8 Å². The van der Waals surface area contributed by atoms with Gasteiger partial charge in [0.05, 0.1) is 22.6 Å². The fraction of sp³-hybridized carbons (Fsp3) is 0.321. The average Bonchev–Trinajstić information content (AvgIpc) is 3.72. The molecule has 2 fully saturated rings. The Labute approximate surface area is 209 Å². The van der Waals surface area contributed by atoms with E-state index in [0.717, 1.165) is 48.1 Å². The number of aryl methyl sites for hydroxylation is 1. The Balaban J connectivity index is 1.33. The van der Waals surface area contributed by atoms with Crippen LogP contribution in [-0.4, -0.2) is 49.6 Å². The Morgan fingerprint density at radius 3 is 2.58 bits per heavy atom. The number of anilines is 1. The van der Waals surface area contributed by atoms with Crippen molar-refractivity contribution in [1.29, 1.82) is 0 Å². The summed E-state index contributed by atoms with van der Waals surface area (Å²) in [6, 6.07) is 17.1. The number of carbonyl (C=O) groups excluding carboxylic acids is 2. The summed E-state index contributed by atoms with van der Waals surface area (Å²) < 4.78 is 1.74. The van der Waals surface area contributed by atoms with Crippen molar-refractivity contribution in [3.05, 3.63) is 77.7 Å². The molecule has 3 aromatic heterocycles. The quantitative estimate of drug-likeness (QED) is 0.454. The number of carbonyl (C=O) groups is 2. The minimum Gasteiger partial charge on any atom is -0.338 e. The van der Waals surface area contributed by atoms with E-state index in [-0.39, 0.29) is 17.7 Å². The molecule has 1 saturated heterocycles. The second kappa shape index (κ2) is 9.18. The molecule has 0 radical (unpaired) electrons. The summed E-state index contributed by atoms with van der Waals surface area (Å²) >= 11 is 0. The number of amides is 2. The van der Waals surface area contributed by atoms with Gasteiger partial charge in [-0.25, -0.2) is 9.97 Å². The van der Waals surface area contributed by atoms with Gasteiger partial charge >= 0.3 is 0 Å². The molecular weight excluding hydrogens is 452 g/mol. The second-order valence-corrected chi connectivity index (χ2v) is 9.70. The fourth-order valence-electron chi connectivity index (χ4n) is 5.02. The molecular formula is C28H28N6O2. The van der Waals surface area contributed by atoms with E-state index in [2.05, 4.69) is 10.3 Å². The summed E-state index contributed by atoms with van der Waals surface area (Å²) in [4.78, 5) is 38.1. The van der Waals surface area contributed by atoms with Crippen LogP contribution in [0.3, 0.4) is 0 Å². The summed E-state index contributed by atoms with van der Waals surface area (Å²) in [5.74, 6) is 0.686. The van der Waals surface area contributed by atoms with Gasteiger partial charge in [0.25, 0.3) is 5.91 Å². The van der Waals surface area contributed by atoms with Crippen LogP contribution in [0.1, 0.15) is 53.3 Å². The predicted octanol–water partition coefficient (Wildman–Crippen LogP) is 4.49. The molecule has 2 aliphatic rings. The highest BCUT2D eigenvalue weighted by Crippen LogP contribution is 2.41. The molecule has 2 amide bonds. The van der Waals surface area contributed by atoms with Crippen LogP contribution in [0.25, 0.3) is 16.9 Å². The van der Waals surface area contributed by atoms with Gasteiger partial charge in [-0.3, -0.25) is 9.59 Å². The van der Waals surface area contributed by atoms with Gasteiger partial charge in [0.15, 0.2) is 11.5 Å². The van der Waals surface area contributed by atoms with E-state index in [4.69, 9.17) is 10.1 Å². The Morgan fingerprint density at radius 2 is 1.83 bits per heavy atom. The van der Waals surface area contributed by atoms with Crippen molar-refractivity contribution in [2.75, 3.05) is 18.4 Å². The zero-order chi connectivity index (χ0) is 24.6. The number of piperidine rings is 1. The molecule has 0 bridgehead atoms. The van der Waals surface area contributed by atoms with Crippen molar-refractivity contribution < 1.29 is 9.59 Å². The summed E-state index contributed by atoms with van der Waals surface area (Å²) in [6.45, 7) is 2.93. The maximum atomic E-state index is 13.9. The Kier molecular flexibility index (Phi) is 5.71. The van der Waals surface area contributed by atoms with E-state index in [1.807, 2.05) is 66.4 Å². The molecule has 1 N–H and O–H groups in total. The predicted molar refractivity (Wildman–Crippen MR) is 137 cm³/mol. The number of para-hydroxylation sites is 1. The molecule has 8 heteroatoms. The lowest BCUT2D eigenvalue weighted by molar-refractivity contribution is -0.121. The second-order valence-electron chi connectivity index (χ2n) is 9.70. The molecule has 1 aromatic carbocycles. The van der Waals surface area contributed by atoms with Gasteiger partial charge in [0.1, 0.15) is 0 Å². The molecule has 0 spiro atoms. The van der Waals surface area contributed by atoms with Gasteiger partial charge in [-0.1, -0.05) is 24.3 Å². The molecule has 1 atom stereocenters. The number of nitrogens with zero attached hydrogens (tertiary/aromatic N) is 5. The largest absolute Gasteiger partial charge is 0.338 e. The Bertz CT molecular complexity index is 1430. The number of pyridine rings is 2. The minimum absolute atomic E-state index is 0.0450. The van der Waals surface area contributed by atoms with Gasteiger partial charge < -0.3 is 10.2 Å². The minimum atomic E-state index is -0.250. The molecule has 4 aromatic rings. The van der Waals surface area contributed by atoms with Crippen LogP contribution in [-0.2, 0) is 4.79 Å². The summed E-state index contributed by atoms with van der Waals surface area (Å²) in [5, 5.41) is 8.47. The van der Waals surface area contributed by atoms with Crippen molar-refractivity contribution in [2.24, 2.45) is 5.92 Å². The number of hydrogen-bond donors (Lipinski definition) is 1. The van der Waals surface area contributed by atoms with Crippen LogP contribution in [0.5, 0.6) is 0 Å². The van der Waals surface area contributed by atoms with E-state index in [9.17, 15) is 9.59 Å². The first-order chi connectivity index (χ1) is 17.6. The number of hydrogen-bond acceptors (Lipinski definition) is 5. The Morgan fingerprint density at radius 1 is 1.03 bits per heavy atom. The van der Waals surface area contributed by atoms with Gasteiger partial charge in [-0.15, -0.1) is 0 Å². The number of fused-ring (bicyclic) bond motifs is 1. The van der Waals surface area contributed by atoms with E-state index in [1.165, 1.54) is 0 Å². The third-order valence-corrected chi connectivity index (χ3v) is 7.05. The van der Waals surface area contributed by atoms with Gasteiger partial charge in [-0.05, 0) is 62.9 Å². The summed E-state index contributed by atoms with van der Waals surface area (Å²) in [5.41, 5.74) is 3.72. The lowest BCUT2D eigenvalue weighted by Gasteiger charge is -2.32. The molecule has 1 saturated carbocycles. The molecule has 36 heavy (non-hydrogen) atoms. The van der Waals surface area contributed by atoms with Crippen LogP contribution >= 0.6 is 0 Å². The van der Waals surface area contributed by atoms with Crippen molar-refractivity contribution >= 4 is 28.5 Å². The highest BCUT2D eigenvalue weighted by molar-refractivity contribution is 6.07. The van der Waals surface area contributed by atoms with Crippen molar-refractivity contribution in [2.45, 2.75) is 38.5 Å². The zero-order valence-corrected chi connectivity index (χ0v) is 20.2. The standard InChI is InChI=1S/C28H28N6O2/c1-18-25-22(16-23(19-12-13-19)31-26(25)34(32-18)24-11-5-6-14-29-24)28(36)33-15-7-8-20(17-33)27(35)30-21-9-3-2-4-10-21/h2-6,9-11,14,16,19-20H,7-8,12-13,15,17H2,1H3,(H,30,35). The first-order valence-electron chi connectivity index (χ1n) is 12.6. The average molecular weight is 481 g/mol. The third kappa shape index (κ3) is 4.23. The lowest BCUT2D eigenvalue weighted by atomic mass is 9.95. The SMILES string of the molecule is Cc1nn(-c2ccccn2)c2nc(C3CC3)cc(C(=O)N3CCCC(C(=O)Nc4ccccc4)C3)c12. The number of rotatable bonds is 5.